The van der Waals surface area contributed by atoms with Crippen molar-refractivity contribution in [2.24, 2.45) is 0 Å². The standard InChI is InChI=1S/C25H21ClN2O5/c1-32-19-9-4-3-8-17(19)22-21(23(29)15-10-11-20(33-2)18(26)13-15)24(30)25(31)28(22)14-16-7-5-6-12-27-16/h3-13,22,29H,14H2,1-2H3/b23-21+. The molecule has 0 saturated carbocycles. The van der Waals surface area contributed by atoms with Gasteiger partial charge in [0.15, 0.2) is 0 Å². The quantitative estimate of drug-likeness (QED) is 0.331. The van der Waals surface area contributed by atoms with Gasteiger partial charge in [0.2, 0.25) is 0 Å². The second-order valence-corrected chi connectivity index (χ2v) is 7.75. The predicted molar refractivity (Wildman–Crippen MR) is 123 cm³/mol. The van der Waals surface area contributed by atoms with Crippen LogP contribution in [0, 0.1) is 0 Å². The Bertz CT molecular complexity index is 1240. The van der Waals surface area contributed by atoms with Gasteiger partial charge < -0.3 is 19.5 Å². The molecule has 168 valence electrons. The van der Waals surface area contributed by atoms with E-state index in [4.69, 9.17) is 21.1 Å². The van der Waals surface area contributed by atoms with Gasteiger partial charge in [-0.15, -0.1) is 0 Å². The molecule has 1 atom stereocenters. The molecule has 1 N–H and O–H groups in total. The maximum Gasteiger partial charge on any atom is 0.296 e. The van der Waals surface area contributed by atoms with Gasteiger partial charge >= 0.3 is 0 Å². The van der Waals surface area contributed by atoms with Crippen molar-refractivity contribution >= 4 is 29.1 Å². The number of aromatic nitrogens is 1. The number of carbonyl (C=O) groups is 2. The lowest BCUT2D eigenvalue weighted by molar-refractivity contribution is -0.140. The van der Waals surface area contributed by atoms with Crippen LogP contribution in [0.5, 0.6) is 11.5 Å². The Hall–Kier alpha value is -3.84. The van der Waals surface area contributed by atoms with Crippen molar-refractivity contribution in [1.29, 1.82) is 0 Å². The lowest BCUT2D eigenvalue weighted by Crippen LogP contribution is -2.29. The molecule has 0 bridgehead atoms. The van der Waals surface area contributed by atoms with Gasteiger partial charge in [-0.3, -0.25) is 14.6 Å². The van der Waals surface area contributed by atoms with Crippen molar-refractivity contribution in [2.75, 3.05) is 14.2 Å². The molecule has 0 radical (unpaired) electrons. The summed E-state index contributed by atoms with van der Waals surface area (Å²) in [6, 6.07) is 16.2. The number of aliphatic hydroxyl groups excluding tert-OH is 1. The van der Waals surface area contributed by atoms with Crippen LogP contribution in [0.1, 0.15) is 22.9 Å². The molecule has 0 aliphatic carbocycles. The number of nitrogens with zero attached hydrogens (tertiary/aromatic N) is 2. The van der Waals surface area contributed by atoms with Crippen LogP contribution in [-0.4, -0.2) is 40.9 Å². The lowest BCUT2D eigenvalue weighted by atomic mass is 9.94. The third kappa shape index (κ3) is 4.15. The van der Waals surface area contributed by atoms with E-state index in [9.17, 15) is 14.7 Å². The van der Waals surface area contributed by atoms with Gasteiger partial charge in [0, 0.05) is 17.3 Å². The molecule has 1 aliphatic rings. The molecule has 2 heterocycles. The largest absolute Gasteiger partial charge is 0.507 e. The number of benzene rings is 2. The van der Waals surface area contributed by atoms with E-state index < -0.39 is 17.7 Å². The second-order valence-electron chi connectivity index (χ2n) is 7.34. The van der Waals surface area contributed by atoms with Gasteiger partial charge in [0.05, 0.1) is 43.1 Å². The van der Waals surface area contributed by atoms with Gasteiger partial charge in [-0.1, -0.05) is 35.9 Å². The van der Waals surface area contributed by atoms with Crippen molar-refractivity contribution in [3.05, 3.63) is 94.3 Å². The van der Waals surface area contributed by atoms with Crippen molar-refractivity contribution in [2.45, 2.75) is 12.6 Å². The number of ether oxygens (including phenoxy) is 2. The van der Waals surface area contributed by atoms with Crippen molar-refractivity contribution < 1.29 is 24.2 Å². The van der Waals surface area contributed by atoms with Gasteiger partial charge in [0.1, 0.15) is 17.3 Å². The van der Waals surface area contributed by atoms with E-state index in [0.29, 0.717) is 22.8 Å². The van der Waals surface area contributed by atoms with Crippen LogP contribution in [0.4, 0.5) is 0 Å². The minimum Gasteiger partial charge on any atom is -0.507 e. The minimum absolute atomic E-state index is 0.0540. The predicted octanol–water partition coefficient (Wildman–Crippen LogP) is 4.37. The Morgan fingerprint density at radius 2 is 1.76 bits per heavy atom. The van der Waals surface area contributed by atoms with Gasteiger partial charge in [-0.05, 0) is 36.4 Å². The minimum atomic E-state index is -0.885. The molecule has 2 aromatic carbocycles. The van der Waals surface area contributed by atoms with Crippen LogP contribution in [-0.2, 0) is 16.1 Å². The summed E-state index contributed by atoms with van der Waals surface area (Å²) in [4.78, 5) is 32.0. The molecule has 8 heteroatoms. The monoisotopic (exact) mass is 464 g/mol. The average molecular weight is 465 g/mol. The average Bonchev–Trinajstić information content (AvgIpc) is 3.09. The number of methoxy groups -OCH3 is 2. The highest BCUT2D eigenvalue weighted by atomic mass is 35.5. The number of ketones is 1. The third-order valence-corrected chi connectivity index (χ3v) is 5.75. The van der Waals surface area contributed by atoms with Crippen LogP contribution in [0.15, 0.2) is 72.4 Å². The van der Waals surface area contributed by atoms with Crippen molar-refractivity contribution in [3.8, 4) is 11.5 Å². The molecule has 33 heavy (non-hydrogen) atoms. The first kappa shape index (κ1) is 22.4. The number of hydrogen-bond acceptors (Lipinski definition) is 6. The van der Waals surface area contributed by atoms with Crippen molar-refractivity contribution in [3.63, 3.8) is 0 Å². The zero-order valence-electron chi connectivity index (χ0n) is 18.0. The van der Waals surface area contributed by atoms with Crippen LogP contribution < -0.4 is 9.47 Å². The molecule has 0 spiro atoms. The van der Waals surface area contributed by atoms with Gasteiger partial charge in [-0.2, -0.15) is 0 Å². The first-order chi connectivity index (χ1) is 16.0. The molecule has 1 saturated heterocycles. The second kappa shape index (κ2) is 9.34. The van der Waals surface area contributed by atoms with Gasteiger partial charge in [-0.25, -0.2) is 0 Å². The summed E-state index contributed by atoms with van der Waals surface area (Å²) < 4.78 is 10.7. The lowest BCUT2D eigenvalue weighted by Gasteiger charge is -2.26. The Kier molecular flexibility index (Phi) is 6.33. The number of para-hydroxylation sites is 1. The molecule has 3 aromatic rings. The van der Waals surface area contributed by atoms with Crippen LogP contribution >= 0.6 is 11.6 Å². The van der Waals surface area contributed by atoms with E-state index in [1.807, 2.05) is 0 Å². The summed E-state index contributed by atoms with van der Waals surface area (Å²) in [5.74, 6) is -0.972. The summed E-state index contributed by atoms with van der Waals surface area (Å²) in [7, 11) is 2.98. The van der Waals surface area contributed by atoms with E-state index in [-0.39, 0.29) is 28.5 Å². The summed E-state index contributed by atoms with van der Waals surface area (Å²) in [5.41, 5.74) is 1.40. The Morgan fingerprint density at radius 1 is 1.03 bits per heavy atom. The van der Waals surface area contributed by atoms with Crippen LogP contribution in [0.3, 0.4) is 0 Å². The Morgan fingerprint density at radius 3 is 2.42 bits per heavy atom. The fourth-order valence-corrected chi connectivity index (χ4v) is 4.15. The molecule has 7 nitrogen and oxygen atoms in total. The van der Waals surface area contributed by atoms with Gasteiger partial charge in [0.25, 0.3) is 11.7 Å². The fourth-order valence-electron chi connectivity index (χ4n) is 3.89. The third-order valence-electron chi connectivity index (χ3n) is 5.46. The van der Waals surface area contributed by atoms with E-state index in [1.165, 1.54) is 25.2 Å². The van der Waals surface area contributed by atoms with Crippen LogP contribution in [0.2, 0.25) is 5.02 Å². The first-order valence-electron chi connectivity index (χ1n) is 10.1. The molecule has 1 amide bonds. The van der Waals surface area contributed by atoms with Crippen molar-refractivity contribution in [1.82, 2.24) is 9.88 Å². The summed E-state index contributed by atoms with van der Waals surface area (Å²) in [5, 5.41) is 11.5. The topological polar surface area (TPSA) is 89.0 Å². The zero-order valence-corrected chi connectivity index (χ0v) is 18.7. The number of amides is 1. The number of aliphatic hydroxyl groups is 1. The molecule has 1 fully saturated rings. The van der Waals surface area contributed by atoms with E-state index in [0.717, 1.165) is 0 Å². The number of pyridine rings is 1. The highest BCUT2D eigenvalue weighted by Crippen LogP contribution is 2.43. The highest BCUT2D eigenvalue weighted by molar-refractivity contribution is 6.46. The zero-order chi connectivity index (χ0) is 23.5. The molecular formula is C25H21ClN2O5. The summed E-state index contributed by atoms with van der Waals surface area (Å²) in [6.07, 6.45) is 1.61. The molecule has 1 unspecified atom stereocenters. The Labute approximate surface area is 195 Å². The number of likely N-dealkylation sites (tertiary alicyclic amines) is 1. The normalized spacial score (nSPS) is 17.3. The summed E-state index contributed by atoms with van der Waals surface area (Å²) >= 11 is 6.23. The molecular weight excluding hydrogens is 444 g/mol. The number of rotatable bonds is 6. The number of Topliss-reactive ketones (excluding diaryl/α,β-unsaturated/α-hetero) is 1. The molecule has 1 aliphatic heterocycles. The maximum absolute atomic E-state index is 13.2. The maximum atomic E-state index is 13.2. The van der Waals surface area contributed by atoms with Crippen LogP contribution in [0.25, 0.3) is 5.76 Å². The number of halogens is 1. The first-order valence-corrected chi connectivity index (χ1v) is 10.5. The smallest absolute Gasteiger partial charge is 0.296 e. The number of carbonyl (C=O) groups excluding carboxylic acids is 2. The van der Waals surface area contributed by atoms with E-state index in [1.54, 1.807) is 60.8 Å². The highest BCUT2D eigenvalue weighted by Gasteiger charge is 2.47. The fraction of sp³-hybridized carbons (Fsp3) is 0.160. The molecule has 1 aromatic heterocycles. The summed E-state index contributed by atoms with van der Waals surface area (Å²) in [6.45, 7) is 0.0777. The van der Waals surface area contributed by atoms with E-state index in [2.05, 4.69) is 4.98 Å². The molecule has 4 rings (SSSR count). The van der Waals surface area contributed by atoms with E-state index >= 15 is 0 Å². The number of hydrogen-bond donors (Lipinski definition) is 1. The SMILES string of the molecule is COc1ccc(/C(O)=C2\C(=O)C(=O)N(Cc3ccccn3)C2c2ccccc2OC)cc1Cl. The Balaban J connectivity index is 1.90.